The molecular formula is C55H44N2. The minimum absolute atomic E-state index is 0.125. The fraction of sp³-hybridized carbons (Fsp3) is 0.127. The number of benzene rings is 8. The molecule has 1 aliphatic heterocycles. The molecule has 0 radical (unpaired) electrons. The van der Waals surface area contributed by atoms with Gasteiger partial charge in [0.2, 0.25) is 0 Å². The molecule has 0 saturated heterocycles. The van der Waals surface area contributed by atoms with Crippen LogP contribution in [0.3, 0.4) is 0 Å². The Morgan fingerprint density at radius 1 is 0.439 bits per heavy atom. The van der Waals surface area contributed by atoms with E-state index in [4.69, 9.17) is 0 Å². The quantitative estimate of drug-likeness (QED) is 0.190. The van der Waals surface area contributed by atoms with Gasteiger partial charge in [0.05, 0.1) is 16.8 Å². The predicted octanol–water partition coefficient (Wildman–Crippen LogP) is 14.2. The molecule has 8 aromatic carbocycles. The van der Waals surface area contributed by atoms with Crippen molar-refractivity contribution in [3.8, 4) is 22.3 Å². The van der Waals surface area contributed by atoms with E-state index >= 15 is 0 Å². The Balaban J connectivity index is 1.14. The molecule has 0 saturated carbocycles. The number of para-hydroxylation sites is 3. The molecule has 0 bridgehead atoms. The summed E-state index contributed by atoms with van der Waals surface area (Å²) >= 11 is 0. The van der Waals surface area contributed by atoms with Crippen LogP contribution in [0.25, 0.3) is 22.3 Å². The van der Waals surface area contributed by atoms with Crippen LogP contribution < -0.4 is 10.2 Å². The fourth-order valence-electron chi connectivity index (χ4n) is 10.7. The second-order valence-corrected chi connectivity index (χ2v) is 17.0. The van der Waals surface area contributed by atoms with Gasteiger partial charge in [0.1, 0.15) is 0 Å². The highest BCUT2D eigenvalue weighted by Crippen LogP contribution is 2.65. The third-order valence-corrected chi connectivity index (χ3v) is 13.4. The van der Waals surface area contributed by atoms with E-state index in [9.17, 15) is 0 Å². The van der Waals surface area contributed by atoms with Crippen molar-refractivity contribution in [3.05, 3.63) is 233 Å². The predicted molar refractivity (Wildman–Crippen MR) is 238 cm³/mol. The summed E-state index contributed by atoms with van der Waals surface area (Å²) in [5.41, 5.74) is 20.8. The molecule has 0 fully saturated rings. The highest BCUT2D eigenvalue weighted by Gasteiger charge is 2.52. The fourth-order valence-corrected chi connectivity index (χ4v) is 10.7. The Labute approximate surface area is 336 Å². The molecule has 1 spiro atoms. The van der Waals surface area contributed by atoms with Crippen molar-refractivity contribution in [1.29, 1.82) is 0 Å². The summed E-state index contributed by atoms with van der Waals surface area (Å²) in [6, 6.07) is 69.9. The SMILES string of the molecule is CC(C)(c1ccccc1)c1ccccc1Nc1cccc2c1-c1ccccc1C21c2ccccc2-c2ccc(N3c4ccccc4C(C)(C)c4ccccc43)cc21. The van der Waals surface area contributed by atoms with Gasteiger partial charge in [0.25, 0.3) is 0 Å². The van der Waals surface area contributed by atoms with Crippen LogP contribution in [-0.4, -0.2) is 0 Å². The van der Waals surface area contributed by atoms with Crippen LogP contribution in [-0.2, 0) is 16.2 Å². The molecular weight excluding hydrogens is 689 g/mol. The van der Waals surface area contributed by atoms with Crippen molar-refractivity contribution in [2.75, 3.05) is 10.2 Å². The van der Waals surface area contributed by atoms with Crippen LogP contribution in [0, 0.1) is 0 Å². The molecule has 274 valence electrons. The number of nitrogens with one attached hydrogen (secondary N) is 1. The minimum atomic E-state index is -0.498. The van der Waals surface area contributed by atoms with Crippen molar-refractivity contribution < 1.29 is 0 Å². The molecule has 2 heteroatoms. The van der Waals surface area contributed by atoms with Gasteiger partial charge in [0, 0.05) is 33.5 Å². The summed E-state index contributed by atoms with van der Waals surface area (Å²) in [5.74, 6) is 0. The first-order valence-electron chi connectivity index (χ1n) is 20.2. The molecule has 1 N–H and O–H groups in total. The van der Waals surface area contributed by atoms with Gasteiger partial charge in [-0.1, -0.05) is 179 Å². The van der Waals surface area contributed by atoms with Gasteiger partial charge in [-0.3, -0.25) is 0 Å². The molecule has 0 amide bonds. The highest BCUT2D eigenvalue weighted by atomic mass is 15.2. The average Bonchev–Trinajstić information content (AvgIpc) is 3.72. The molecule has 11 rings (SSSR count). The van der Waals surface area contributed by atoms with Crippen LogP contribution in [0.15, 0.2) is 188 Å². The van der Waals surface area contributed by atoms with Gasteiger partial charge in [-0.15, -0.1) is 0 Å². The van der Waals surface area contributed by atoms with Gasteiger partial charge in [-0.2, -0.15) is 0 Å². The van der Waals surface area contributed by atoms with E-state index in [2.05, 4.69) is 226 Å². The number of hydrogen-bond donors (Lipinski definition) is 1. The zero-order valence-electron chi connectivity index (χ0n) is 32.8. The second kappa shape index (κ2) is 12.2. The van der Waals surface area contributed by atoms with Crippen molar-refractivity contribution in [3.63, 3.8) is 0 Å². The molecule has 1 atom stereocenters. The number of fused-ring (bicyclic) bond motifs is 12. The number of hydrogen-bond acceptors (Lipinski definition) is 2. The van der Waals surface area contributed by atoms with E-state index in [0.717, 1.165) is 11.4 Å². The van der Waals surface area contributed by atoms with E-state index in [1.165, 1.54) is 83.8 Å². The maximum absolute atomic E-state index is 4.03. The Kier molecular flexibility index (Phi) is 7.20. The normalized spacial score (nSPS) is 16.6. The Morgan fingerprint density at radius 2 is 0.965 bits per heavy atom. The average molecular weight is 733 g/mol. The maximum Gasteiger partial charge on any atom is 0.0727 e. The molecule has 8 aromatic rings. The number of nitrogens with zero attached hydrogens (tertiary/aromatic N) is 1. The van der Waals surface area contributed by atoms with Gasteiger partial charge >= 0.3 is 0 Å². The molecule has 3 aliphatic rings. The third kappa shape index (κ3) is 4.59. The van der Waals surface area contributed by atoms with Crippen LogP contribution in [0.1, 0.15) is 72.2 Å². The molecule has 1 unspecified atom stereocenters. The van der Waals surface area contributed by atoms with Crippen LogP contribution >= 0.6 is 0 Å². The Bertz CT molecular complexity index is 2850. The Morgan fingerprint density at radius 3 is 1.68 bits per heavy atom. The maximum atomic E-state index is 4.03. The summed E-state index contributed by atoms with van der Waals surface area (Å²) < 4.78 is 0. The summed E-state index contributed by atoms with van der Waals surface area (Å²) in [6.45, 7) is 9.37. The van der Waals surface area contributed by atoms with E-state index in [-0.39, 0.29) is 10.8 Å². The summed E-state index contributed by atoms with van der Waals surface area (Å²) in [4.78, 5) is 2.50. The molecule has 57 heavy (non-hydrogen) atoms. The molecule has 2 aliphatic carbocycles. The summed E-state index contributed by atoms with van der Waals surface area (Å²) in [6.07, 6.45) is 0. The first-order chi connectivity index (χ1) is 27.8. The summed E-state index contributed by atoms with van der Waals surface area (Å²) in [7, 11) is 0. The van der Waals surface area contributed by atoms with Crippen molar-refractivity contribution in [1.82, 2.24) is 0 Å². The zero-order valence-corrected chi connectivity index (χ0v) is 32.8. The highest BCUT2D eigenvalue weighted by molar-refractivity contribution is 6.00. The van der Waals surface area contributed by atoms with E-state index in [0.29, 0.717) is 0 Å². The first-order valence-corrected chi connectivity index (χ1v) is 20.2. The first kappa shape index (κ1) is 33.7. The molecule has 1 heterocycles. The standard InChI is InChI=1S/C55H44N2/c1-53(2,36-19-6-5-7-20-36)43-25-12-15-29-48(43)56-49-30-18-28-46-52(49)40-22-9-11-24-42(40)55(46)41-23-10-8-21-38(41)39-34-33-37(35-47(39)55)57-50-31-16-13-26-44(50)54(3,4)45-27-14-17-32-51(45)57/h5-35,56H,1-4H3. The van der Waals surface area contributed by atoms with E-state index in [1.807, 2.05) is 0 Å². The topological polar surface area (TPSA) is 15.3 Å². The largest absolute Gasteiger partial charge is 0.355 e. The molecule has 2 nitrogen and oxygen atoms in total. The second-order valence-electron chi connectivity index (χ2n) is 17.0. The Hall–Kier alpha value is -6.64. The summed E-state index contributed by atoms with van der Waals surface area (Å²) in [5, 5.41) is 4.03. The monoisotopic (exact) mass is 732 g/mol. The van der Waals surface area contributed by atoms with Gasteiger partial charge in [-0.25, -0.2) is 0 Å². The van der Waals surface area contributed by atoms with Crippen LogP contribution in [0.5, 0.6) is 0 Å². The minimum Gasteiger partial charge on any atom is -0.355 e. The lowest BCUT2D eigenvalue weighted by Gasteiger charge is -2.42. The lowest BCUT2D eigenvalue weighted by molar-refractivity contribution is 0.632. The zero-order chi connectivity index (χ0) is 38.5. The van der Waals surface area contributed by atoms with Gasteiger partial charge in [0.15, 0.2) is 0 Å². The lowest BCUT2D eigenvalue weighted by atomic mass is 9.70. The lowest BCUT2D eigenvalue weighted by Crippen LogP contribution is -2.31. The van der Waals surface area contributed by atoms with E-state index in [1.54, 1.807) is 0 Å². The number of rotatable bonds is 5. The van der Waals surface area contributed by atoms with Gasteiger partial charge < -0.3 is 10.2 Å². The van der Waals surface area contributed by atoms with Crippen molar-refractivity contribution in [2.45, 2.75) is 43.9 Å². The van der Waals surface area contributed by atoms with Crippen molar-refractivity contribution >= 4 is 28.4 Å². The molecule has 0 aromatic heterocycles. The number of anilines is 5. The van der Waals surface area contributed by atoms with Crippen molar-refractivity contribution in [2.24, 2.45) is 0 Å². The van der Waals surface area contributed by atoms with Crippen LogP contribution in [0.4, 0.5) is 28.4 Å². The van der Waals surface area contributed by atoms with Gasteiger partial charge in [-0.05, 0) is 97.6 Å². The van der Waals surface area contributed by atoms with E-state index < -0.39 is 5.41 Å². The third-order valence-electron chi connectivity index (χ3n) is 13.4. The smallest absolute Gasteiger partial charge is 0.0727 e. The van der Waals surface area contributed by atoms with Crippen LogP contribution in [0.2, 0.25) is 0 Å².